The van der Waals surface area contributed by atoms with Crippen LogP contribution in [0.4, 0.5) is 18.0 Å². The molecule has 1 amide bonds. The fourth-order valence-corrected chi connectivity index (χ4v) is 6.12. The summed E-state index contributed by atoms with van der Waals surface area (Å²) in [4.78, 5) is 15.1. The van der Waals surface area contributed by atoms with Gasteiger partial charge in [0.2, 0.25) is 0 Å². The number of halogens is 3. The second-order valence-corrected chi connectivity index (χ2v) is 9.82. The van der Waals surface area contributed by atoms with Crippen LogP contribution in [0.15, 0.2) is 72.8 Å². The Morgan fingerprint density at radius 2 is 1.65 bits per heavy atom. The lowest BCUT2D eigenvalue weighted by Crippen LogP contribution is -2.43. The highest BCUT2D eigenvalue weighted by atomic mass is 19.4. The number of ether oxygens (including phenoxy) is 2. The first-order valence-corrected chi connectivity index (χ1v) is 12.4. The summed E-state index contributed by atoms with van der Waals surface area (Å²) in [6.07, 6.45) is -0.634. The number of nitrogens with zero attached hydrogens (tertiary/aromatic N) is 1. The van der Waals surface area contributed by atoms with E-state index in [4.69, 9.17) is 9.47 Å². The number of hydrogen-bond acceptors (Lipinski definition) is 3. The lowest BCUT2D eigenvalue weighted by atomic mass is 9.94. The zero-order valence-electron chi connectivity index (χ0n) is 20.3. The van der Waals surface area contributed by atoms with E-state index in [0.717, 1.165) is 35.6 Å². The summed E-state index contributed by atoms with van der Waals surface area (Å²) in [6, 6.07) is 20.2. The van der Waals surface area contributed by atoms with Crippen molar-refractivity contribution >= 4 is 11.7 Å². The second-order valence-electron chi connectivity index (χ2n) is 9.82. The smallest absolute Gasteiger partial charge is 0.419 e. The van der Waals surface area contributed by atoms with Crippen LogP contribution in [-0.4, -0.2) is 36.8 Å². The van der Waals surface area contributed by atoms with Gasteiger partial charge >= 0.3 is 12.3 Å². The first-order valence-electron chi connectivity index (χ1n) is 12.4. The van der Waals surface area contributed by atoms with Crippen molar-refractivity contribution in [3.8, 4) is 16.9 Å². The van der Waals surface area contributed by atoms with Crippen molar-refractivity contribution in [1.82, 2.24) is 4.90 Å². The van der Waals surface area contributed by atoms with Gasteiger partial charge in [0.25, 0.3) is 0 Å². The summed E-state index contributed by atoms with van der Waals surface area (Å²) >= 11 is 0. The molecule has 2 aliphatic heterocycles. The molecule has 3 aromatic carbocycles. The van der Waals surface area contributed by atoms with E-state index >= 15 is 0 Å². The van der Waals surface area contributed by atoms with Gasteiger partial charge in [-0.2, -0.15) is 13.2 Å². The van der Waals surface area contributed by atoms with Gasteiger partial charge < -0.3 is 9.47 Å². The Hall–Kier alpha value is -3.74. The van der Waals surface area contributed by atoms with Crippen molar-refractivity contribution in [2.24, 2.45) is 0 Å². The molecule has 2 unspecified atom stereocenters. The number of carbonyl (C=O) groups excluding carboxylic acids is 1. The third-order valence-electron chi connectivity index (χ3n) is 7.82. The molecule has 2 atom stereocenters. The van der Waals surface area contributed by atoms with E-state index in [1.165, 1.54) is 30.4 Å². The average molecular weight is 506 g/mol. The topological polar surface area (TPSA) is 38.8 Å². The molecule has 0 aromatic heterocycles. The average Bonchev–Trinajstić information content (AvgIpc) is 3.36. The molecule has 190 valence electrons. The highest BCUT2D eigenvalue weighted by Crippen LogP contribution is 2.45. The van der Waals surface area contributed by atoms with Gasteiger partial charge in [-0.25, -0.2) is 4.79 Å². The van der Waals surface area contributed by atoms with Gasteiger partial charge in [0, 0.05) is 12.0 Å². The Balaban J connectivity index is 1.19. The third kappa shape index (κ3) is 4.06. The molecule has 0 N–H and O–H groups in total. The number of hydrogen-bond donors (Lipinski definition) is 0. The van der Waals surface area contributed by atoms with Crippen LogP contribution in [0.5, 0.6) is 5.75 Å². The largest absolute Gasteiger partial charge is 0.496 e. The van der Waals surface area contributed by atoms with Gasteiger partial charge in [-0.1, -0.05) is 60.7 Å². The summed E-state index contributed by atoms with van der Waals surface area (Å²) in [5, 5.41) is 0. The van der Waals surface area contributed by atoms with Gasteiger partial charge in [0.1, 0.15) is 12.4 Å². The van der Waals surface area contributed by atoms with Crippen LogP contribution in [-0.2, 0) is 10.9 Å². The van der Waals surface area contributed by atoms with Crippen molar-refractivity contribution in [1.29, 1.82) is 0 Å². The molecular formula is C30H26F3NO3. The number of fused-ring (bicyclic) bond motifs is 5. The maximum absolute atomic E-state index is 13.3. The first kappa shape index (κ1) is 23.6. The summed E-state index contributed by atoms with van der Waals surface area (Å²) in [5.41, 5.74) is 5.51. The quantitative estimate of drug-likeness (QED) is 0.374. The summed E-state index contributed by atoms with van der Waals surface area (Å²) in [7, 11) is 1.24. The number of amides is 1. The molecular weight excluding hydrogens is 479 g/mol. The number of methoxy groups -OCH3 is 1. The van der Waals surface area contributed by atoms with Gasteiger partial charge in [0.15, 0.2) is 0 Å². The van der Waals surface area contributed by atoms with E-state index in [1.807, 2.05) is 30.3 Å². The van der Waals surface area contributed by atoms with Crippen molar-refractivity contribution < 1.29 is 27.4 Å². The summed E-state index contributed by atoms with van der Waals surface area (Å²) < 4.78 is 50.8. The molecule has 1 fully saturated rings. The molecule has 37 heavy (non-hydrogen) atoms. The Morgan fingerprint density at radius 3 is 2.27 bits per heavy atom. The summed E-state index contributed by atoms with van der Waals surface area (Å²) in [6.45, 7) is 0.259. The number of rotatable bonds is 4. The Kier molecular flexibility index (Phi) is 5.74. The number of alkyl halides is 3. The predicted octanol–water partition coefficient (Wildman–Crippen LogP) is 7.28. The predicted molar refractivity (Wildman–Crippen MR) is 134 cm³/mol. The highest BCUT2D eigenvalue weighted by Gasteiger charge is 2.42. The van der Waals surface area contributed by atoms with Crippen LogP contribution in [0.1, 0.15) is 47.4 Å². The van der Waals surface area contributed by atoms with Gasteiger partial charge in [-0.15, -0.1) is 0 Å². The Morgan fingerprint density at radius 1 is 0.973 bits per heavy atom. The van der Waals surface area contributed by atoms with E-state index in [2.05, 4.69) is 24.3 Å². The lowest BCUT2D eigenvalue weighted by molar-refractivity contribution is -0.138. The van der Waals surface area contributed by atoms with Crippen LogP contribution in [0.3, 0.4) is 0 Å². The molecule has 3 aromatic rings. The van der Waals surface area contributed by atoms with Crippen LogP contribution >= 0.6 is 0 Å². The SMILES string of the molecule is COc1cc(C2=CC3CCC(C2)N3C(=O)OCC2c3ccccc3-c3ccccc32)ccc1C(F)(F)F. The van der Waals surface area contributed by atoms with Crippen molar-refractivity contribution in [3.63, 3.8) is 0 Å². The van der Waals surface area contributed by atoms with Gasteiger partial charge in [-0.05, 0) is 64.8 Å². The van der Waals surface area contributed by atoms with Gasteiger partial charge in [0.05, 0.1) is 18.7 Å². The van der Waals surface area contributed by atoms with Crippen LogP contribution < -0.4 is 4.74 Å². The zero-order valence-corrected chi connectivity index (χ0v) is 20.3. The van der Waals surface area contributed by atoms with Crippen LogP contribution in [0.25, 0.3) is 16.7 Å². The minimum Gasteiger partial charge on any atom is -0.496 e. The zero-order chi connectivity index (χ0) is 25.7. The standard InChI is InChI=1S/C30H26F3NO3/c1-36-28-16-18(10-13-27(28)30(31,32)33)19-14-20-11-12-21(15-19)34(20)29(35)37-17-26-24-8-4-2-6-22(24)23-7-3-5-9-25(23)26/h2-10,13-14,16,20-21,26H,11-12,15,17H2,1H3. The molecule has 4 nitrogen and oxygen atoms in total. The highest BCUT2D eigenvalue weighted by molar-refractivity contribution is 5.79. The van der Waals surface area contributed by atoms with Gasteiger partial charge in [-0.3, -0.25) is 4.90 Å². The second kappa shape index (κ2) is 8.98. The Labute approximate surface area is 213 Å². The molecule has 6 rings (SSSR count). The number of benzene rings is 3. The fourth-order valence-electron chi connectivity index (χ4n) is 6.12. The Bertz CT molecular complexity index is 1350. The van der Waals surface area contributed by atoms with Crippen molar-refractivity contribution in [3.05, 3.63) is 95.1 Å². The van der Waals surface area contributed by atoms with E-state index in [1.54, 1.807) is 4.90 Å². The third-order valence-corrected chi connectivity index (χ3v) is 7.82. The molecule has 2 bridgehead atoms. The van der Waals surface area contributed by atoms with Crippen LogP contribution in [0.2, 0.25) is 0 Å². The fraction of sp³-hybridized carbons (Fsp3) is 0.300. The molecule has 7 heteroatoms. The molecule has 0 radical (unpaired) electrons. The molecule has 1 aliphatic carbocycles. The van der Waals surface area contributed by atoms with Crippen molar-refractivity contribution in [2.45, 2.75) is 43.4 Å². The minimum absolute atomic E-state index is 0.00971. The van der Waals surface area contributed by atoms with E-state index in [9.17, 15) is 18.0 Å². The molecule has 1 saturated heterocycles. The van der Waals surface area contributed by atoms with E-state index < -0.39 is 11.7 Å². The maximum Gasteiger partial charge on any atom is 0.419 e. The molecule has 2 heterocycles. The normalized spacial score (nSPS) is 20.3. The minimum atomic E-state index is -4.48. The molecule has 3 aliphatic rings. The first-order chi connectivity index (χ1) is 17.8. The van der Waals surface area contributed by atoms with Crippen molar-refractivity contribution in [2.75, 3.05) is 13.7 Å². The molecule has 0 saturated carbocycles. The van der Waals surface area contributed by atoms with E-state index in [0.29, 0.717) is 12.0 Å². The molecule has 0 spiro atoms. The number of carbonyl (C=O) groups is 1. The maximum atomic E-state index is 13.3. The summed E-state index contributed by atoms with van der Waals surface area (Å²) in [5.74, 6) is -0.207. The van der Waals surface area contributed by atoms with E-state index in [-0.39, 0.29) is 36.5 Å². The van der Waals surface area contributed by atoms with Crippen LogP contribution in [0, 0.1) is 0 Å². The monoisotopic (exact) mass is 505 g/mol. The lowest BCUT2D eigenvalue weighted by Gasteiger charge is -2.33.